The van der Waals surface area contributed by atoms with Gasteiger partial charge in [-0.05, 0) is 30.4 Å². The Labute approximate surface area is 78.7 Å². The van der Waals surface area contributed by atoms with Crippen LogP contribution in [-0.4, -0.2) is 11.2 Å². The molecule has 0 unspecified atom stereocenters. The van der Waals surface area contributed by atoms with E-state index in [4.69, 9.17) is 0 Å². The Kier molecular flexibility index (Phi) is 2.13. The van der Waals surface area contributed by atoms with Crippen molar-refractivity contribution in [3.05, 3.63) is 23.5 Å². The molecule has 0 radical (unpaired) electrons. The summed E-state index contributed by atoms with van der Waals surface area (Å²) < 4.78 is 0. The highest BCUT2D eigenvalue weighted by atomic mass is 14.8. The summed E-state index contributed by atoms with van der Waals surface area (Å²) in [6, 6.07) is 2.00. The predicted molar refractivity (Wildman–Crippen MR) is 54.8 cm³/mol. The van der Waals surface area contributed by atoms with Gasteiger partial charge in [0.15, 0.2) is 0 Å². The Bertz CT molecular complexity index is 340. The fraction of sp³-hybridized carbons (Fsp3) is 0.455. The Morgan fingerprint density at radius 2 is 2.23 bits per heavy atom. The lowest BCUT2D eigenvalue weighted by Crippen LogP contribution is -2.03. The van der Waals surface area contributed by atoms with Gasteiger partial charge in [-0.25, -0.2) is 0 Å². The molecule has 1 aliphatic heterocycles. The minimum Gasteiger partial charge on any atom is -0.261 e. The van der Waals surface area contributed by atoms with Gasteiger partial charge in [-0.3, -0.25) is 9.98 Å². The highest BCUT2D eigenvalue weighted by Crippen LogP contribution is 2.29. The molecule has 1 aromatic heterocycles. The van der Waals surface area contributed by atoms with Crippen LogP contribution >= 0.6 is 0 Å². The first-order valence-corrected chi connectivity index (χ1v) is 4.79. The van der Waals surface area contributed by atoms with Crippen molar-refractivity contribution in [1.82, 2.24) is 4.98 Å². The maximum absolute atomic E-state index is 4.42. The molecule has 0 saturated carbocycles. The third-order valence-electron chi connectivity index (χ3n) is 2.37. The van der Waals surface area contributed by atoms with Crippen molar-refractivity contribution in [2.75, 3.05) is 0 Å². The molecule has 0 spiro atoms. The first-order chi connectivity index (χ1) is 6.29. The van der Waals surface area contributed by atoms with E-state index in [-0.39, 0.29) is 0 Å². The topological polar surface area (TPSA) is 25.2 Å². The monoisotopic (exact) mass is 174 g/mol. The molecular formula is C11H14N2. The molecule has 0 saturated heterocycles. The summed E-state index contributed by atoms with van der Waals surface area (Å²) in [6.07, 6.45) is 6.00. The Morgan fingerprint density at radius 1 is 1.38 bits per heavy atom. The van der Waals surface area contributed by atoms with Gasteiger partial charge in [-0.2, -0.15) is 0 Å². The van der Waals surface area contributed by atoms with Crippen LogP contribution < -0.4 is 0 Å². The second-order valence-electron chi connectivity index (χ2n) is 3.70. The van der Waals surface area contributed by atoms with E-state index in [0.717, 1.165) is 18.5 Å². The molecule has 0 aromatic carbocycles. The summed E-state index contributed by atoms with van der Waals surface area (Å²) in [4.78, 5) is 8.79. The average molecular weight is 174 g/mol. The van der Waals surface area contributed by atoms with E-state index >= 15 is 0 Å². The fourth-order valence-electron chi connectivity index (χ4n) is 1.74. The van der Waals surface area contributed by atoms with Gasteiger partial charge < -0.3 is 0 Å². The van der Waals surface area contributed by atoms with E-state index < -0.39 is 0 Å². The summed E-state index contributed by atoms with van der Waals surface area (Å²) in [6.45, 7) is 4.36. The zero-order chi connectivity index (χ0) is 9.26. The number of nitrogens with zero attached hydrogens (tertiary/aromatic N) is 2. The van der Waals surface area contributed by atoms with Crippen LogP contribution in [0.1, 0.15) is 37.4 Å². The van der Waals surface area contributed by atoms with E-state index in [0.29, 0.717) is 5.92 Å². The number of pyridine rings is 1. The van der Waals surface area contributed by atoms with Crippen molar-refractivity contribution in [2.45, 2.75) is 32.6 Å². The summed E-state index contributed by atoms with van der Waals surface area (Å²) >= 11 is 0. The van der Waals surface area contributed by atoms with Gasteiger partial charge in [0.05, 0.1) is 5.69 Å². The van der Waals surface area contributed by atoms with E-state index in [1.165, 1.54) is 11.3 Å². The molecule has 0 N–H and O–H groups in total. The smallest absolute Gasteiger partial charge is 0.0691 e. The Morgan fingerprint density at radius 3 is 3.00 bits per heavy atom. The SMILES string of the molecule is CC(C)c1nccc2c1CCC=N2. The van der Waals surface area contributed by atoms with E-state index in [1.54, 1.807) is 0 Å². The standard InChI is InChI=1S/C11H14N2/c1-8(2)11-9-4-3-6-12-10(9)5-7-13-11/h5-8H,3-4H2,1-2H3. The zero-order valence-electron chi connectivity index (χ0n) is 8.12. The summed E-state index contributed by atoms with van der Waals surface area (Å²) in [7, 11) is 0. The zero-order valence-corrected chi connectivity index (χ0v) is 8.12. The first-order valence-electron chi connectivity index (χ1n) is 4.79. The van der Waals surface area contributed by atoms with Gasteiger partial charge in [0, 0.05) is 18.1 Å². The molecule has 0 bridgehead atoms. The van der Waals surface area contributed by atoms with Crippen molar-refractivity contribution in [1.29, 1.82) is 0 Å². The number of rotatable bonds is 1. The second-order valence-corrected chi connectivity index (χ2v) is 3.70. The van der Waals surface area contributed by atoms with E-state index in [9.17, 15) is 0 Å². The van der Waals surface area contributed by atoms with E-state index in [1.807, 2.05) is 18.5 Å². The number of fused-ring (bicyclic) bond motifs is 1. The first kappa shape index (κ1) is 8.42. The van der Waals surface area contributed by atoms with Gasteiger partial charge in [-0.15, -0.1) is 0 Å². The highest BCUT2D eigenvalue weighted by molar-refractivity contribution is 5.69. The van der Waals surface area contributed by atoms with Gasteiger partial charge in [-0.1, -0.05) is 13.8 Å². The lowest BCUT2D eigenvalue weighted by molar-refractivity contribution is 0.792. The number of hydrogen-bond donors (Lipinski definition) is 0. The molecule has 1 aromatic rings. The minimum atomic E-state index is 0.503. The maximum Gasteiger partial charge on any atom is 0.0691 e. The minimum absolute atomic E-state index is 0.503. The number of aromatic nitrogens is 1. The van der Waals surface area contributed by atoms with Crippen molar-refractivity contribution >= 4 is 11.9 Å². The average Bonchev–Trinajstić information content (AvgIpc) is 2.17. The van der Waals surface area contributed by atoms with E-state index in [2.05, 4.69) is 23.8 Å². The van der Waals surface area contributed by atoms with Gasteiger partial charge >= 0.3 is 0 Å². The van der Waals surface area contributed by atoms with Crippen LogP contribution in [0.4, 0.5) is 5.69 Å². The molecule has 2 heteroatoms. The Hall–Kier alpha value is -1.18. The molecule has 0 atom stereocenters. The summed E-state index contributed by atoms with van der Waals surface area (Å²) in [5.74, 6) is 0.503. The van der Waals surface area contributed by atoms with Crippen LogP contribution in [0.2, 0.25) is 0 Å². The predicted octanol–water partition coefficient (Wildman–Crippen LogP) is 2.85. The lowest BCUT2D eigenvalue weighted by Gasteiger charge is -2.15. The van der Waals surface area contributed by atoms with Crippen molar-refractivity contribution < 1.29 is 0 Å². The third-order valence-corrected chi connectivity index (χ3v) is 2.37. The van der Waals surface area contributed by atoms with Crippen LogP contribution in [0.5, 0.6) is 0 Å². The molecule has 1 aliphatic rings. The quantitative estimate of drug-likeness (QED) is 0.642. The molecule has 2 nitrogen and oxygen atoms in total. The van der Waals surface area contributed by atoms with Crippen LogP contribution in [0.15, 0.2) is 17.3 Å². The van der Waals surface area contributed by atoms with Gasteiger partial charge in [0.2, 0.25) is 0 Å². The third kappa shape index (κ3) is 1.48. The van der Waals surface area contributed by atoms with Crippen LogP contribution in [0.25, 0.3) is 0 Å². The van der Waals surface area contributed by atoms with Crippen LogP contribution in [-0.2, 0) is 6.42 Å². The fourth-order valence-corrected chi connectivity index (χ4v) is 1.74. The largest absolute Gasteiger partial charge is 0.261 e. The molecule has 2 rings (SSSR count). The van der Waals surface area contributed by atoms with Gasteiger partial charge in [0.1, 0.15) is 0 Å². The summed E-state index contributed by atoms with van der Waals surface area (Å²) in [5.41, 5.74) is 3.68. The van der Waals surface area contributed by atoms with Crippen molar-refractivity contribution in [3.63, 3.8) is 0 Å². The molecule has 0 fully saturated rings. The van der Waals surface area contributed by atoms with Crippen molar-refractivity contribution in [3.8, 4) is 0 Å². The molecule has 68 valence electrons. The molecule has 0 aliphatic carbocycles. The summed E-state index contributed by atoms with van der Waals surface area (Å²) in [5, 5.41) is 0. The highest BCUT2D eigenvalue weighted by Gasteiger charge is 2.13. The maximum atomic E-state index is 4.42. The molecule has 2 heterocycles. The second kappa shape index (κ2) is 3.29. The molecule has 13 heavy (non-hydrogen) atoms. The van der Waals surface area contributed by atoms with Crippen molar-refractivity contribution in [2.24, 2.45) is 4.99 Å². The van der Waals surface area contributed by atoms with Crippen LogP contribution in [0, 0.1) is 0 Å². The Balaban J connectivity index is 2.53. The number of aliphatic imine (C=N–C) groups is 1. The van der Waals surface area contributed by atoms with Gasteiger partial charge in [0.25, 0.3) is 0 Å². The molecule has 0 amide bonds. The molecular weight excluding hydrogens is 160 g/mol. The lowest BCUT2D eigenvalue weighted by atomic mass is 9.97. The number of hydrogen-bond acceptors (Lipinski definition) is 2. The van der Waals surface area contributed by atoms with Crippen LogP contribution in [0.3, 0.4) is 0 Å². The normalized spacial score (nSPS) is 14.7.